The molecule has 1 fully saturated rings. The molecular weight excluding hydrogens is 410 g/mol. The standard InChI is InChI=1S/C25H19NO6/c27-18-9-5-4-8-17(18)26-22(15-6-2-1-3-7-15)21(24(29)25(26)30)23(28)16-10-11-19-20(14-16)32-13-12-31-19/h1-11,14,22,27-28H,12-13H2/b23-21-. The van der Waals surface area contributed by atoms with Crippen LogP contribution in [0.2, 0.25) is 0 Å². The minimum atomic E-state index is -0.919. The second kappa shape index (κ2) is 7.77. The number of hydrogen-bond acceptors (Lipinski definition) is 6. The SMILES string of the molecule is O=C1C(=O)N(c2ccccc2O)C(c2ccccc2)/C1=C(/O)c1ccc2c(c1)OCCO2. The lowest BCUT2D eigenvalue weighted by Crippen LogP contribution is -2.29. The number of nitrogens with zero attached hydrogens (tertiary/aromatic N) is 1. The number of amides is 1. The molecule has 0 bridgehead atoms. The summed E-state index contributed by atoms with van der Waals surface area (Å²) in [5.74, 6) is -1.15. The van der Waals surface area contributed by atoms with Crippen LogP contribution >= 0.6 is 0 Å². The number of ether oxygens (including phenoxy) is 2. The Balaban J connectivity index is 1.70. The van der Waals surface area contributed by atoms with Crippen molar-refractivity contribution in [1.82, 2.24) is 0 Å². The van der Waals surface area contributed by atoms with Crippen molar-refractivity contribution < 1.29 is 29.3 Å². The van der Waals surface area contributed by atoms with Crippen molar-refractivity contribution in [3.63, 3.8) is 0 Å². The highest BCUT2D eigenvalue weighted by molar-refractivity contribution is 6.51. The lowest BCUT2D eigenvalue weighted by atomic mass is 9.95. The number of aliphatic hydroxyl groups is 1. The Morgan fingerprint density at radius 3 is 2.31 bits per heavy atom. The highest BCUT2D eigenvalue weighted by Crippen LogP contribution is 2.45. The van der Waals surface area contributed by atoms with Crippen molar-refractivity contribution in [1.29, 1.82) is 0 Å². The molecular formula is C25H19NO6. The van der Waals surface area contributed by atoms with Crippen LogP contribution in [0.1, 0.15) is 17.2 Å². The van der Waals surface area contributed by atoms with E-state index in [0.717, 1.165) is 0 Å². The van der Waals surface area contributed by atoms with E-state index < -0.39 is 17.7 Å². The first-order valence-corrected chi connectivity index (χ1v) is 10.1. The summed E-state index contributed by atoms with van der Waals surface area (Å²) in [6.07, 6.45) is 0. The van der Waals surface area contributed by atoms with Crippen molar-refractivity contribution in [2.45, 2.75) is 6.04 Å². The van der Waals surface area contributed by atoms with Crippen molar-refractivity contribution >= 4 is 23.1 Å². The van der Waals surface area contributed by atoms with Crippen molar-refractivity contribution in [3.05, 3.63) is 89.5 Å². The summed E-state index contributed by atoms with van der Waals surface area (Å²) in [5.41, 5.74) is 1.06. The van der Waals surface area contributed by atoms with Gasteiger partial charge in [-0.25, -0.2) is 0 Å². The van der Waals surface area contributed by atoms with Gasteiger partial charge in [0.05, 0.1) is 17.3 Å². The topological polar surface area (TPSA) is 96.3 Å². The molecule has 160 valence electrons. The number of phenols is 1. The third-order valence-corrected chi connectivity index (χ3v) is 5.52. The smallest absolute Gasteiger partial charge is 0.300 e. The first-order valence-electron chi connectivity index (χ1n) is 10.1. The van der Waals surface area contributed by atoms with Crippen LogP contribution in [0.5, 0.6) is 17.2 Å². The Morgan fingerprint density at radius 2 is 1.56 bits per heavy atom. The molecule has 1 unspecified atom stereocenters. The fraction of sp³-hybridized carbons (Fsp3) is 0.120. The number of ketones is 1. The van der Waals surface area contributed by atoms with Gasteiger partial charge in [-0.15, -0.1) is 0 Å². The van der Waals surface area contributed by atoms with Gasteiger partial charge in [-0.2, -0.15) is 0 Å². The van der Waals surface area contributed by atoms with Crippen LogP contribution in [0, 0.1) is 0 Å². The van der Waals surface area contributed by atoms with Gasteiger partial charge in [0.25, 0.3) is 11.7 Å². The number of fused-ring (bicyclic) bond motifs is 1. The lowest BCUT2D eigenvalue weighted by molar-refractivity contribution is -0.132. The van der Waals surface area contributed by atoms with Gasteiger partial charge in [-0.1, -0.05) is 42.5 Å². The Labute approximate surface area is 183 Å². The van der Waals surface area contributed by atoms with Gasteiger partial charge in [0.15, 0.2) is 11.5 Å². The fourth-order valence-corrected chi connectivity index (χ4v) is 4.05. The largest absolute Gasteiger partial charge is 0.507 e. The molecule has 0 radical (unpaired) electrons. The second-order valence-electron chi connectivity index (χ2n) is 7.43. The third kappa shape index (κ3) is 3.15. The summed E-state index contributed by atoms with van der Waals surface area (Å²) in [5, 5.41) is 21.6. The molecule has 1 saturated heterocycles. The first-order chi connectivity index (χ1) is 15.6. The second-order valence-corrected chi connectivity index (χ2v) is 7.43. The van der Waals surface area contributed by atoms with Crippen LogP contribution in [0.15, 0.2) is 78.4 Å². The number of rotatable bonds is 3. The minimum Gasteiger partial charge on any atom is -0.507 e. The lowest BCUT2D eigenvalue weighted by Gasteiger charge is -2.26. The Morgan fingerprint density at radius 1 is 0.875 bits per heavy atom. The molecule has 1 amide bonds. The zero-order valence-corrected chi connectivity index (χ0v) is 16.9. The Kier molecular flexibility index (Phi) is 4.78. The summed E-state index contributed by atoms with van der Waals surface area (Å²) in [6.45, 7) is 0.803. The molecule has 2 heterocycles. The zero-order chi connectivity index (χ0) is 22.2. The van der Waals surface area contributed by atoms with E-state index in [1.807, 2.05) is 6.07 Å². The molecule has 0 aliphatic carbocycles. The van der Waals surface area contributed by atoms with Crippen LogP contribution in [0.4, 0.5) is 5.69 Å². The maximum absolute atomic E-state index is 13.1. The summed E-state index contributed by atoms with van der Waals surface area (Å²) in [4.78, 5) is 27.5. The number of hydrogen-bond donors (Lipinski definition) is 2. The van der Waals surface area contributed by atoms with Gasteiger partial charge in [0.2, 0.25) is 0 Å². The quantitative estimate of drug-likeness (QED) is 0.374. The van der Waals surface area contributed by atoms with Crippen molar-refractivity contribution in [2.24, 2.45) is 0 Å². The van der Waals surface area contributed by atoms with Gasteiger partial charge >= 0.3 is 0 Å². The van der Waals surface area contributed by atoms with E-state index in [9.17, 15) is 19.8 Å². The predicted octanol–water partition coefficient (Wildman–Crippen LogP) is 3.79. The summed E-state index contributed by atoms with van der Waals surface area (Å²) >= 11 is 0. The van der Waals surface area contributed by atoms with Crippen LogP contribution in [0.25, 0.3) is 5.76 Å². The van der Waals surface area contributed by atoms with E-state index in [4.69, 9.17) is 9.47 Å². The average molecular weight is 429 g/mol. The number of anilines is 1. The Bertz CT molecular complexity index is 1250. The first kappa shape index (κ1) is 19.7. The maximum atomic E-state index is 13.1. The van der Waals surface area contributed by atoms with E-state index in [2.05, 4.69) is 0 Å². The van der Waals surface area contributed by atoms with Gasteiger partial charge in [0.1, 0.15) is 24.7 Å². The predicted molar refractivity (Wildman–Crippen MR) is 117 cm³/mol. The molecule has 0 spiro atoms. The van der Waals surface area contributed by atoms with Crippen LogP contribution in [0.3, 0.4) is 0 Å². The highest BCUT2D eigenvalue weighted by Gasteiger charge is 2.47. The summed E-state index contributed by atoms with van der Waals surface area (Å²) in [6, 6.07) is 19.1. The summed E-state index contributed by atoms with van der Waals surface area (Å²) in [7, 11) is 0. The number of Topliss-reactive ketones (excluding diaryl/α,β-unsaturated/α-hetero) is 1. The summed E-state index contributed by atoms with van der Waals surface area (Å²) < 4.78 is 11.1. The van der Waals surface area contributed by atoms with Crippen LogP contribution < -0.4 is 14.4 Å². The van der Waals surface area contributed by atoms with Gasteiger partial charge in [-0.05, 0) is 35.9 Å². The van der Waals surface area contributed by atoms with E-state index in [-0.39, 0.29) is 22.8 Å². The molecule has 0 aromatic heterocycles. The van der Waals surface area contributed by atoms with E-state index in [1.54, 1.807) is 60.7 Å². The minimum absolute atomic E-state index is 0.0684. The third-order valence-electron chi connectivity index (χ3n) is 5.52. The van der Waals surface area contributed by atoms with Gasteiger partial charge in [-0.3, -0.25) is 14.5 Å². The number of para-hydroxylation sites is 2. The highest BCUT2D eigenvalue weighted by atomic mass is 16.6. The number of aliphatic hydroxyl groups excluding tert-OH is 1. The van der Waals surface area contributed by atoms with Gasteiger partial charge in [0, 0.05) is 5.56 Å². The number of carbonyl (C=O) groups excluding carboxylic acids is 2. The molecule has 2 N–H and O–H groups in total. The molecule has 1 atom stereocenters. The molecule has 0 saturated carbocycles. The van der Waals surface area contributed by atoms with E-state index in [1.165, 1.54) is 11.0 Å². The molecule has 2 aliphatic rings. The molecule has 2 aliphatic heterocycles. The van der Waals surface area contributed by atoms with E-state index >= 15 is 0 Å². The van der Waals surface area contributed by atoms with Gasteiger partial charge < -0.3 is 19.7 Å². The maximum Gasteiger partial charge on any atom is 0.300 e. The van der Waals surface area contributed by atoms with E-state index in [0.29, 0.717) is 35.8 Å². The fourth-order valence-electron chi connectivity index (χ4n) is 4.05. The molecule has 5 rings (SSSR count). The van der Waals surface area contributed by atoms with Crippen LogP contribution in [-0.2, 0) is 9.59 Å². The number of benzene rings is 3. The molecule has 3 aromatic carbocycles. The number of phenolic OH excluding ortho intramolecular Hbond substituents is 1. The van der Waals surface area contributed by atoms with Crippen molar-refractivity contribution in [3.8, 4) is 17.2 Å². The van der Waals surface area contributed by atoms with Crippen molar-refractivity contribution in [2.75, 3.05) is 18.1 Å². The Hall–Kier alpha value is -4.26. The average Bonchev–Trinajstić information content (AvgIpc) is 3.09. The molecule has 3 aromatic rings. The molecule has 32 heavy (non-hydrogen) atoms. The molecule has 7 heteroatoms. The van der Waals surface area contributed by atoms with Crippen LogP contribution in [-0.4, -0.2) is 35.1 Å². The number of carbonyl (C=O) groups is 2. The monoisotopic (exact) mass is 429 g/mol. The zero-order valence-electron chi connectivity index (χ0n) is 16.9. The number of aromatic hydroxyl groups is 1. The normalized spacial score (nSPS) is 19.2. The molecule has 7 nitrogen and oxygen atoms in total.